The summed E-state index contributed by atoms with van der Waals surface area (Å²) in [5.74, 6) is -0.643. The minimum Gasteiger partial charge on any atom is -0.343 e. The van der Waals surface area contributed by atoms with Crippen LogP contribution in [0.15, 0.2) is 40.9 Å². The number of hydrogen-bond donors (Lipinski definition) is 2. The molecule has 0 fully saturated rings. The van der Waals surface area contributed by atoms with Gasteiger partial charge in [0.05, 0.1) is 17.3 Å². The van der Waals surface area contributed by atoms with Crippen molar-refractivity contribution in [2.75, 3.05) is 11.9 Å². The molecular formula is C17H16BrClN2O2. The van der Waals surface area contributed by atoms with Crippen molar-refractivity contribution in [1.82, 2.24) is 5.32 Å². The van der Waals surface area contributed by atoms with Gasteiger partial charge in [0.2, 0.25) is 5.91 Å². The number of anilines is 1. The smallest absolute Gasteiger partial charge is 0.251 e. The highest BCUT2D eigenvalue weighted by Gasteiger charge is 2.11. The van der Waals surface area contributed by atoms with Gasteiger partial charge >= 0.3 is 0 Å². The molecule has 0 saturated heterocycles. The predicted molar refractivity (Wildman–Crippen MR) is 96.0 cm³/mol. The first-order chi connectivity index (χ1) is 10.9. The molecule has 2 rings (SSSR count). The maximum atomic E-state index is 12.0. The zero-order chi connectivity index (χ0) is 17.0. The van der Waals surface area contributed by atoms with Gasteiger partial charge in [-0.25, -0.2) is 0 Å². The normalized spacial score (nSPS) is 10.3. The van der Waals surface area contributed by atoms with Crippen molar-refractivity contribution < 1.29 is 9.59 Å². The fourth-order valence-electron chi connectivity index (χ4n) is 2.15. The highest BCUT2D eigenvalue weighted by atomic mass is 79.9. The summed E-state index contributed by atoms with van der Waals surface area (Å²) in [6, 6.07) is 10.7. The fraction of sp³-hybridized carbons (Fsp3) is 0.176. The second-order valence-electron chi connectivity index (χ2n) is 5.18. The van der Waals surface area contributed by atoms with Gasteiger partial charge in [-0.15, -0.1) is 0 Å². The highest BCUT2D eigenvalue weighted by Crippen LogP contribution is 2.27. The van der Waals surface area contributed by atoms with Crippen molar-refractivity contribution in [1.29, 1.82) is 0 Å². The minimum atomic E-state index is -0.331. The molecule has 2 aromatic rings. The zero-order valence-electron chi connectivity index (χ0n) is 12.7. The molecule has 0 unspecified atom stereocenters. The lowest BCUT2D eigenvalue weighted by molar-refractivity contribution is -0.115. The fourth-order valence-corrected chi connectivity index (χ4v) is 2.92. The van der Waals surface area contributed by atoms with Crippen LogP contribution in [0.25, 0.3) is 0 Å². The Bertz CT molecular complexity index is 739. The molecule has 6 heteroatoms. The van der Waals surface area contributed by atoms with E-state index in [1.807, 2.05) is 26.0 Å². The van der Waals surface area contributed by atoms with Crippen LogP contribution in [0.2, 0.25) is 5.02 Å². The number of halogens is 2. The number of carbonyl (C=O) groups is 2. The van der Waals surface area contributed by atoms with Crippen LogP contribution < -0.4 is 10.6 Å². The Morgan fingerprint density at radius 3 is 2.57 bits per heavy atom. The monoisotopic (exact) mass is 394 g/mol. The molecule has 0 saturated carbocycles. The van der Waals surface area contributed by atoms with E-state index < -0.39 is 0 Å². The molecule has 0 aliphatic heterocycles. The van der Waals surface area contributed by atoms with Crippen LogP contribution in [0.3, 0.4) is 0 Å². The second-order valence-corrected chi connectivity index (χ2v) is 6.50. The molecule has 2 N–H and O–H groups in total. The predicted octanol–water partition coefficient (Wildman–Crippen LogP) is 4.09. The third-order valence-electron chi connectivity index (χ3n) is 3.19. The minimum absolute atomic E-state index is 0.130. The molecule has 0 bridgehead atoms. The van der Waals surface area contributed by atoms with Gasteiger partial charge in [0, 0.05) is 10.0 Å². The summed E-state index contributed by atoms with van der Waals surface area (Å²) in [6.07, 6.45) is 0. The molecule has 0 aliphatic rings. The summed E-state index contributed by atoms with van der Waals surface area (Å²) in [7, 11) is 0. The number of amides is 2. The van der Waals surface area contributed by atoms with Crippen LogP contribution in [0.1, 0.15) is 21.5 Å². The highest BCUT2D eigenvalue weighted by molar-refractivity contribution is 9.10. The van der Waals surface area contributed by atoms with Gasteiger partial charge in [0.1, 0.15) is 0 Å². The molecule has 23 heavy (non-hydrogen) atoms. The number of rotatable bonds is 4. The molecular weight excluding hydrogens is 380 g/mol. The van der Waals surface area contributed by atoms with Crippen LogP contribution in [0.4, 0.5) is 5.69 Å². The number of hydrogen-bond acceptors (Lipinski definition) is 2. The van der Waals surface area contributed by atoms with Crippen LogP contribution in [0, 0.1) is 13.8 Å². The van der Waals surface area contributed by atoms with Gasteiger partial charge in [-0.3, -0.25) is 9.59 Å². The lowest BCUT2D eigenvalue weighted by Crippen LogP contribution is -2.33. The van der Waals surface area contributed by atoms with E-state index in [4.69, 9.17) is 11.6 Å². The molecule has 4 nitrogen and oxygen atoms in total. The van der Waals surface area contributed by atoms with Crippen molar-refractivity contribution in [3.63, 3.8) is 0 Å². The van der Waals surface area contributed by atoms with Crippen LogP contribution in [0.5, 0.6) is 0 Å². The lowest BCUT2D eigenvalue weighted by Gasteiger charge is -2.12. The molecule has 2 aromatic carbocycles. The molecule has 0 aromatic heterocycles. The van der Waals surface area contributed by atoms with Crippen LogP contribution in [-0.4, -0.2) is 18.4 Å². The quantitative estimate of drug-likeness (QED) is 0.819. The molecule has 0 heterocycles. The summed E-state index contributed by atoms with van der Waals surface area (Å²) in [5, 5.41) is 5.79. The van der Waals surface area contributed by atoms with Gasteiger partial charge in [-0.2, -0.15) is 0 Å². The van der Waals surface area contributed by atoms with E-state index in [1.165, 1.54) is 0 Å². The van der Waals surface area contributed by atoms with Crippen molar-refractivity contribution >= 4 is 45.0 Å². The molecule has 0 aliphatic carbocycles. The first kappa shape index (κ1) is 17.5. The van der Waals surface area contributed by atoms with Gasteiger partial charge in [0.25, 0.3) is 5.91 Å². The Balaban J connectivity index is 1.97. The van der Waals surface area contributed by atoms with E-state index in [2.05, 4.69) is 26.6 Å². The third-order valence-corrected chi connectivity index (χ3v) is 3.98. The number of nitrogens with one attached hydrogen (secondary N) is 2. The SMILES string of the molecule is Cc1cc(C)c(NC(=O)CNC(=O)c2cccc(Br)c2)c(Cl)c1. The van der Waals surface area contributed by atoms with E-state index in [0.29, 0.717) is 16.3 Å². The number of carbonyl (C=O) groups excluding carboxylic acids is 2. The zero-order valence-corrected chi connectivity index (χ0v) is 15.1. The maximum Gasteiger partial charge on any atom is 0.251 e. The molecule has 2 amide bonds. The Kier molecular flexibility index (Phi) is 5.80. The Labute approximate surface area is 148 Å². The van der Waals surface area contributed by atoms with E-state index in [9.17, 15) is 9.59 Å². The van der Waals surface area contributed by atoms with Gasteiger partial charge in [-0.05, 0) is 49.2 Å². The summed E-state index contributed by atoms with van der Waals surface area (Å²) in [4.78, 5) is 24.0. The Morgan fingerprint density at radius 2 is 1.91 bits per heavy atom. The Morgan fingerprint density at radius 1 is 1.17 bits per heavy atom. The van der Waals surface area contributed by atoms with E-state index in [0.717, 1.165) is 15.6 Å². The van der Waals surface area contributed by atoms with Gasteiger partial charge in [-0.1, -0.05) is 39.7 Å². The van der Waals surface area contributed by atoms with Crippen molar-refractivity contribution in [3.05, 3.63) is 62.6 Å². The van der Waals surface area contributed by atoms with Gasteiger partial charge < -0.3 is 10.6 Å². The topological polar surface area (TPSA) is 58.2 Å². The lowest BCUT2D eigenvalue weighted by atomic mass is 10.1. The summed E-state index contributed by atoms with van der Waals surface area (Å²) < 4.78 is 0.802. The van der Waals surface area contributed by atoms with Crippen molar-refractivity contribution in [2.24, 2.45) is 0 Å². The molecule has 0 spiro atoms. The number of benzene rings is 2. The van der Waals surface area contributed by atoms with Crippen LogP contribution >= 0.6 is 27.5 Å². The number of aryl methyl sites for hydroxylation is 2. The van der Waals surface area contributed by atoms with Crippen molar-refractivity contribution in [3.8, 4) is 0 Å². The molecule has 120 valence electrons. The summed E-state index contributed by atoms with van der Waals surface area (Å²) in [5.41, 5.74) is 2.95. The first-order valence-corrected chi connectivity index (χ1v) is 8.14. The largest absolute Gasteiger partial charge is 0.343 e. The maximum absolute atomic E-state index is 12.0. The Hall–Kier alpha value is -1.85. The van der Waals surface area contributed by atoms with E-state index >= 15 is 0 Å². The van der Waals surface area contributed by atoms with E-state index in [1.54, 1.807) is 24.3 Å². The second kappa shape index (κ2) is 7.62. The standard InChI is InChI=1S/C17H16BrClN2O2/c1-10-6-11(2)16(14(19)7-10)21-15(22)9-20-17(23)12-4-3-5-13(18)8-12/h3-8H,9H2,1-2H3,(H,20,23)(H,21,22). The van der Waals surface area contributed by atoms with Crippen molar-refractivity contribution in [2.45, 2.75) is 13.8 Å². The summed E-state index contributed by atoms with van der Waals surface area (Å²) >= 11 is 9.45. The summed E-state index contributed by atoms with van der Waals surface area (Å²) in [6.45, 7) is 3.67. The average molecular weight is 396 g/mol. The third kappa shape index (κ3) is 4.81. The average Bonchev–Trinajstić information content (AvgIpc) is 2.48. The first-order valence-electron chi connectivity index (χ1n) is 6.97. The van der Waals surface area contributed by atoms with E-state index in [-0.39, 0.29) is 18.4 Å². The van der Waals surface area contributed by atoms with Gasteiger partial charge in [0.15, 0.2) is 0 Å². The molecule has 0 radical (unpaired) electrons. The molecule has 0 atom stereocenters. The van der Waals surface area contributed by atoms with Crippen LogP contribution in [-0.2, 0) is 4.79 Å².